The first-order valence-electron chi connectivity index (χ1n) is 5.70. The van der Waals surface area contributed by atoms with E-state index < -0.39 is 62.7 Å². The topological polar surface area (TPSA) is 248 Å². The van der Waals surface area contributed by atoms with Gasteiger partial charge in [-0.1, -0.05) is 0 Å². The van der Waals surface area contributed by atoms with Gasteiger partial charge in [0, 0.05) is 0 Å². The van der Waals surface area contributed by atoms with Crippen molar-refractivity contribution in [2.45, 2.75) is 11.1 Å². The van der Waals surface area contributed by atoms with Crippen LogP contribution in [0.25, 0.3) is 0 Å². The maximum Gasteiger partial charge on any atom is 0.414 e. The van der Waals surface area contributed by atoms with Crippen LogP contribution in [0.1, 0.15) is 0 Å². The molecule has 0 radical (unpaired) electrons. The second-order valence-corrected chi connectivity index (χ2v) is 4.28. The molecular formula is C10H24N2O10. The molecule has 0 spiro atoms. The maximum absolute atomic E-state index is 9.10. The van der Waals surface area contributed by atoms with Crippen molar-refractivity contribution in [3.63, 3.8) is 0 Å². The van der Waals surface area contributed by atoms with Gasteiger partial charge in [0.15, 0.2) is 0 Å². The van der Waals surface area contributed by atoms with Crippen LogP contribution in [0, 0.1) is 0 Å². The molecule has 0 aliphatic carbocycles. The molecule has 0 aromatic heterocycles. The Morgan fingerprint density at radius 2 is 0.727 bits per heavy atom. The van der Waals surface area contributed by atoms with E-state index >= 15 is 0 Å². The molecule has 0 saturated heterocycles. The minimum absolute atomic E-state index is 0.403. The van der Waals surface area contributed by atoms with Gasteiger partial charge in [-0.25, -0.2) is 9.59 Å². The Balaban J connectivity index is -0.000000249. The summed E-state index contributed by atoms with van der Waals surface area (Å²) >= 11 is 0. The number of carboxylic acids is 2. The van der Waals surface area contributed by atoms with Crippen molar-refractivity contribution in [1.82, 2.24) is 0 Å². The summed E-state index contributed by atoms with van der Waals surface area (Å²) < 4.78 is 0. The van der Waals surface area contributed by atoms with E-state index in [-0.39, 0.29) is 0 Å². The summed E-state index contributed by atoms with van der Waals surface area (Å²) in [6.07, 6.45) is 0. The Hall–Kier alpha value is -1.38. The van der Waals surface area contributed by atoms with Gasteiger partial charge >= 0.3 is 11.9 Å². The van der Waals surface area contributed by atoms with Crippen molar-refractivity contribution in [3.8, 4) is 0 Å². The molecule has 12 nitrogen and oxygen atoms in total. The van der Waals surface area contributed by atoms with E-state index in [9.17, 15) is 0 Å². The Morgan fingerprint density at radius 1 is 0.591 bits per heavy atom. The van der Waals surface area contributed by atoms with Crippen molar-refractivity contribution in [2.75, 3.05) is 39.6 Å². The van der Waals surface area contributed by atoms with Gasteiger partial charge in [-0.2, -0.15) is 0 Å². The van der Waals surface area contributed by atoms with Crippen LogP contribution in [0.4, 0.5) is 0 Å². The number of hydrogen-bond acceptors (Lipinski definition) is 10. The predicted molar refractivity (Wildman–Crippen MR) is 71.6 cm³/mol. The van der Waals surface area contributed by atoms with E-state index in [1.54, 1.807) is 0 Å². The molecule has 0 saturated carbocycles. The lowest BCUT2D eigenvalue weighted by Gasteiger charge is -2.20. The van der Waals surface area contributed by atoms with Crippen LogP contribution in [-0.2, 0) is 9.59 Å². The maximum atomic E-state index is 9.10. The predicted octanol–water partition coefficient (Wildman–Crippen LogP) is -5.52. The van der Waals surface area contributed by atoms with Gasteiger partial charge in [0.05, 0.1) is 50.7 Å². The van der Waals surface area contributed by atoms with Crippen LogP contribution < -0.4 is 11.5 Å². The molecule has 0 aliphatic heterocycles. The second kappa shape index (κ2) is 13.3. The van der Waals surface area contributed by atoms with E-state index in [0.717, 1.165) is 0 Å². The van der Waals surface area contributed by atoms with Crippen LogP contribution in [0.15, 0.2) is 0 Å². The second-order valence-electron chi connectivity index (χ2n) is 4.28. The first kappa shape index (κ1) is 25.6. The highest BCUT2D eigenvalue weighted by Crippen LogP contribution is 1.93. The molecule has 0 aromatic carbocycles. The number of aliphatic hydroxyl groups is 6. The monoisotopic (exact) mass is 332 g/mol. The Kier molecular flexibility index (Phi) is 15.4. The fourth-order valence-electron chi connectivity index (χ4n) is 0.300. The Bertz CT molecular complexity index is 258. The number of carbonyl (C=O) groups is 2. The van der Waals surface area contributed by atoms with Gasteiger partial charge < -0.3 is 52.3 Å². The van der Waals surface area contributed by atoms with Crippen LogP contribution in [-0.4, -0.2) is 104 Å². The molecule has 22 heavy (non-hydrogen) atoms. The van der Waals surface area contributed by atoms with Crippen molar-refractivity contribution >= 4 is 11.9 Å². The molecule has 0 aliphatic rings. The number of carboxylic acid groups (broad SMARTS) is 2. The number of rotatable bonds is 6. The number of hydrogen-bond donors (Lipinski definition) is 10. The average molecular weight is 332 g/mol. The highest BCUT2D eigenvalue weighted by molar-refractivity contribution is 6.27. The number of aliphatic hydroxyl groups excluding tert-OH is 6. The van der Waals surface area contributed by atoms with E-state index in [1.165, 1.54) is 0 Å². The van der Waals surface area contributed by atoms with Crippen molar-refractivity contribution in [3.05, 3.63) is 0 Å². The summed E-state index contributed by atoms with van der Waals surface area (Å²) in [4.78, 5) is 18.2. The third-order valence-corrected chi connectivity index (χ3v) is 2.07. The van der Waals surface area contributed by atoms with Crippen molar-refractivity contribution < 1.29 is 50.4 Å². The molecule has 0 atom stereocenters. The SMILES string of the molecule is NC(CO)(CO)CO.NC(CO)(CO)CO.O=C(O)C(=O)O. The average Bonchev–Trinajstić information content (AvgIpc) is 2.54. The van der Waals surface area contributed by atoms with Crippen LogP contribution >= 0.6 is 0 Å². The highest BCUT2D eigenvalue weighted by atomic mass is 16.4. The molecule has 0 fully saturated rings. The van der Waals surface area contributed by atoms with Gasteiger partial charge in [-0.3, -0.25) is 0 Å². The summed E-state index contributed by atoms with van der Waals surface area (Å²) in [5.74, 6) is -3.65. The zero-order valence-electron chi connectivity index (χ0n) is 11.8. The van der Waals surface area contributed by atoms with E-state index in [0.29, 0.717) is 0 Å². The summed E-state index contributed by atoms with van der Waals surface area (Å²) in [5.41, 5.74) is 7.88. The minimum Gasteiger partial charge on any atom is -0.473 e. The zero-order valence-corrected chi connectivity index (χ0v) is 11.8. The standard InChI is InChI=1S/2C4H11NO3.C2H2O4/c2*5-4(1-6,2-7)3-8;3-1(4)2(5)6/h2*6-8H,1-3,5H2;(H,3,4)(H,5,6). The highest BCUT2D eigenvalue weighted by Gasteiger charge is 2.21. The van der Waals surface area contributed by atoms with Crippen molar-refractivity contribution in [1.29, 1.82) is 0 Å². The molecule has 0 unspecified atom stereocenters. The first-order valence-corrected chi connectivity index (χ1v) is 5.70. The fraction of sp³-hybridized carbons (Fsp3) is 0.800. The smallest absolute Gasteiger partial charge is 0.414 e. The van der Waals surface area contributed by atoms with Crippen LogP contribution in [0.3, 0.4) is 0 Å². The normalized spacial score (nSPS) is 10.7. The van der Waals surface area contributed by atoms with Gasteiger partial charge in [-0.15, -0.1) is 0 Å². The third kappa shape index (κ3) is 13.6. The number of aliphatic carboxylic acids is 2. The van der Waals surface area contributed by atoms with Crippen molar-refractivity contribution in [2.24, 2.45) is 11.5 Å². The Morgan fingerprint density at radius 3 is 0.727 bits per heavy atom. The van der Waals surface area contributed by atoms with Gasteiger partial charge in [-0.05, 0) is 0 Å². The molecule has 0 amide bonds. The van der Waals surface area contributed by atoms with E-state index in [1.807, 2.05) is 0 Å². The largest absolute Gasteiger partial charge is 0.473 e. The van der Waals surface area contributed by atoms with E-state index in [4.69, 9.17) is 61.9 Å². The third-order valence-electron chi connectivity index (χ3n) is 2.07. The summed E-state index contributed by atoms with van der Waals surface area (Å²) in [7, 11) is 0. The summed E-state index contributed by atoms with van der Waals surface area (Å²) in [5, 5.41) is 64.8. The van der Waals surface area contributed by atoms with Gasteiger partial charge in [0.25, 0.3) is 0 Å². The van der Waals surface area contributed by atoms with Crippen LogP contribution in [0.2, 0.25) is 0 Å². The Labute approximate surface area is 125 Å². The molecule has 0 rings (SSSR count). The zero-order chi connectivity index (χ0) is 18.4. The first-order chi connectivity index (χ1) is 10.0. The summed E-state index contributed by atoms with van der Waals surface area (Å²) in [6, 6.07) is 0. The van der Waals surface area contributed by atoms with Crippen LogP contribution in [0.5, 0.6) is 0 Å². The molecule has 0 bridgehead atoms. The quantitative estimate of drug-likeness (QED) is 0.204. The van der Waals surface area contributed by atoms with Gasteiger partial charge in [0.1, 0.15) is 0 Å². The fourth-order valence-corrected chi connectivity index (χ4v) is 0.300. The lowest BCUT2D eigenvalue weighted by molar-refractivity contribution is -0.159. The summed E-state index contributed by atoms with van der Waals surface area (Å²) in [6.45, 7) is -2.42. The minimum atomic E-state index is -1.82. The molecule has 0 aromatic rings. The molecule has 134 valence electrons. The molecular weight excluding hydrogens is 308 g/mol. The lowest BCUT2D eigenvalue weighted by atomic mass is 10.1. The van der Waals surface area contributed by atoms with Gasteiger partial charge in [0.2, 0.25) is 0 Å². The molecule has 0 heterocycles. The molecule has 12 N–H and O–H groups in total. The number of nitrogens with two attached hydrogens (primary N) is 2. The lowest BCUT2D eigenvalue weighted by Crippen LogP contribution is -2.50. The van der Waals surface area contributed by atoms with E-state index in [2.05, 4.69) is 0 Å². The molecule has 12 heteroatoms.